The van der Waals surface area contributed by atoms with Crippen molar-refractivity contribution in [3.63, 3.8) is 0 Å². The highest BCUT2D eigenvalue weighted by Crippen LogP contribution is 2.44. The molecule has 1 aromatic carbocycles. The van der Waals surface area contributed by atoms with Gasteiger partial charge in [0.1, 0.15) is 22.8 Å². The zero-order valence-electron chi connectivity index (χ0n) is 23.8. The number of aryl methyl sites for hydroxylation is 1. The number of benzene rings is 1. The second kappa shape index (κ2) is 10.5. The molecule has 218 valence electrons. The molecular formula is C33H30F3N7. The first-order valence-corrected chi connectivity index (χ1v) is 14.3. The number of rotatable bonds is 5. The lowest BCUT2D eigenvalue weighted by Crippen LogP contribution is -2.40. The van der Waals surface area contributed by atoms with Gasteiger partial charge in [0, 0.05) is 66.7 Å². The number of fused-ring (bicyclic) bond motifs is 2. The highest BCUT2D eigenvalue weighted by molar-refractivity contribution is 6.08. The van der Waals surface area contributed by atoms with Gasteiger partial charge in [0.25, 0.3) is 0 Å². The topological polar surface area (TPSA) is 77.3 Å². The molecule has 0 aliphatic carbocycles. The van der Waals surface area contributed by atoms with Crippen molar-refractivity contribution in [2.75, 3.05) is 18.0 Å². The van der Waals surface area contributed by atoms with E-state index in [0.717, 1.165) is 52.4 Å². The Kier molecular flexibility index (Phi) is 6.65. The smallest absolute Gasteiger partial charge is 0.168 e. The number of hydrogen-bond donors (Lipinski definition) is 1. The molecule has 1 fully saturated rings. The van der Waals surface area contributed by atoms with Gasteiger partial charge >= 0.3 is 0 Å². The van der Waals surface area contributed by atoms with Crippen LogP contribution in [0.4, 0.5) is 18.9 Å². The van der Waals surface area contributed by atoms with Gasteiger partial charge in [-0.2, -0.15) is 5.10 Å². The third-order valence-electron chi connectivity index (χ3n) is 8.40. The predicted octanol–water partition coefficient (Wildman–Crippen LogP) is 6.68. The van der Waals surface area contributed by atoms with E-state index in [1.807, 2.05) is 37.5 Å². The summed E-state index contributed by atoms with van der Waals surface area (Å²) in [7, 11) is 0. The molecule has 1 aliphatic rings. The minimum Gasteiger partial charge on any atom is -0.370 e. The quantitative estimate of drug-likeness (QED) is 0.246. The fourth-order valence-electron chi connectivity index (χ4n) is 6.07. The Balaban J connectivity index is 1.54. The molecular weight excluding hydrogens is 551 g/mol. The number of anilines is 1. The van der Waals surface area contributed by atoms with E-state index in [4.69, 9.17) is 10.7 Å². The van der Waals surface area contributed by atoms with Crippen LogP contribution in [0.25, 0.3) is 38.8 Å². The monoisotopic (exact) mass is 581 g/mol. The Hall–Kier alpha value is -4.70. The van der Waals surface area contributed by atoms with Gasteiger partial charge in [-0.3, -0.25) is 4.98 Å². The summed E-state index contributed by atoms with van der Waals surface area (Å²) in [4.78, 5) is 11.8. The van der Waals surface area contributed by atoms with Gasteiger partial charge in [-0.1, -0.05) is 12.1 Å². The average molecular weight is 582 g/mol. The zero-order valence-corrected chi connectivity index (χ0v) is 23.8. The van der Waals surface area contributed by atoms with E-state index in [1.165, 1.54) is 22.8 Å². The maximum atomic E-state index is 14.5. The van der Waals surface area contributed by atoms with Crippen LogP contribution in [0.3, 0.4) is 0 Å². The summed E-state index contributed by atoms with van der Waals surface area (Å²) in [5, 5.41) is 5.01. The third-order valence-corrected chi connectivity index (χ3v) is 8.40. The Bertz CT molecular complexity index is 1950. The minimum absolute atomic E-state index is 0.0810. The van der Waals surface area contributed by atoms with Crippen molar-refractivity contribution in [2.45, 2.75) is 38.8 Å². The predicted molar refractivity (Wildman–Crippen MR) is 161 cm³/mol. The van der Waals surface area contributed by atoms with Gasteiger partial charge in [-0.15, -0.1) is 0 Å². The molecule has 0 bridgehead atoms. The molecule has 43 heavy (non-hydrogen) atoms. The lowest BCUT2D eigenvalue weighted by atomic mass is 9.97. The maximum Gasteiger partial charge on any atom is 0.168 e. The third kappa shape index (κ3) is 4.81. The van der Waals surface area contributed by atoms with Crippen molar-refractivity contribution >= 4 is 22.2 Å². The van der Waals surface area contributed by atoms with E-state index in [9.17, 15) is 13.2 Å². The van der Waals surface area contributed by atoms with Crippen LogP contribution in [0.1, 0.15) is 37.1 Å². The molecule has 0 spiro atoms. The van der Waals surface area contributed by atoms with E-state index in [0.29, 0.717) is 35.4 Å². The minimum atomic E-state index is -0.662. The fraction of sp³-hybridized carbons (Fsp3) is 0.242. The van der Waals surface area contributed by atoms with E-state index in [2.05, 4.69) is 26.5 Å². The number of nitrogens with zero attached hydrogens (tertiary/aromatic N) is 6. The van der Waals surface area contributed by atoms with Gasteiger partial charge in [-0.25, -0.2) is 22.7 Å². The number of piperidine rings is 1. The highest BCUT2D eigenvalue weighted by atomic mass is 19.1. The molecule has 0 amide bonds. The summed E-state index contributed by atoms with van der Waals surface area (Å²) in [6, 6.07) is 11.0. The molecule has 2 N–H and O–H groups in total. The molecule has 6 aromatic rings. The SMILES string of the molecule is Cc1ccc([C@H](C)n2cc(-c3ccc4c(F)cnn4c3)c3c(N4CCC(N)CC4)c(-c4cc(F)cc(F)c4)cnc32)nc1. The first kappa shape index (κ1) is 27.2. The van der Waals surface area contributed by atoms with Crippen molar-refractivity contribution in [3.05, 3.63) is 102 Å². The van der Waals surface area contributed by atoms with Crippen LogP contribution in [-0.2, 0) is 0 Å². The summed E-state index contributed by atoms with van der Waals surface area (Å²) in [5.74, 6) is -1.73. The summed E-state index contributed by atoms with van der Waals surface area (Å²) in [5.41, 5.74) is 12.7. The summed E-state index contributed by atoms with van der Waals surface area (Å²) in [6.07, 6.45) is 10.1. The van der Waals surface area contributed by atoms with Crippen LogP contribution in [0.2, 0.25) is 0 Å². The molecule has 0 saturated carbocycles. The molecule has 1 aliphatic heterocycles. The van der Waals surface area contributed by atoms with Crippen molar-refractivity contribution < 1.29 is 13.2 Å². The van der Waals surface area contributed by atoms with E-state index in [-0.39, 0.29) is 12.1 Å². The van der Waals surface area contributed by atoms with E-state index >= 15 is 0 Å². The van der Waals surface area contributed by atoms with E-state index in [1.54, 1.807) is 18.5 Å². The fourth-order valence-corrected chi connectivity index (χ4v) is 6.07. The van der Waals surface area contributed by atoms with Crippen LogP contribution < -0.4 is 10.6 Å². The Morgan fingerprint density at radius 1 is 0.860 bits per heavy atom. The van der Waals surface area contributed by atoms with Crippen LogP contribution in [0.15, 0.2) is 73.4 Å². The number of hydrogen-bond acceptors (Lipinski definition) is 5. The number of pyridine rings is 3. The lowest BCUT2D eigenvalue weighted by molar-refractivity contribution is 0.502. The first-order valence-electron chi connectivity index (χ1n) is 14.3. The lowest BCUT2D eigenvalue weighted by Gasteiger charge is -2.34. The molecule has 10 heteroatoms. The molecule has 0 unspecified atom stereocenters. The van der Waals surface area contributed by atoms with Crippen LogP contribution in [0, 0.1) is 24.4 Å². The van der Waals surface area contributed by atoms with Crippen LogP contribution in [-0.4, -0.2) is 43.3 Å². The van der Waals surface area contributed by atoms with Gasteiger partial charge in [-0.05, 0) is 62.1 Å². The molecule has 7 rings (SSSR count). The second-order valence-corrected chi connectivity index (χ2v) is 11.3. The normalized spacial score (nSPS) is 15.1. The number of nitrogens with two attached hydrogens (primary N) is 1. The van der Waals surface area contributed by atoms with Gasteiger partial charge < -0.3 is 15.2 Å². The Labute approximate surface area is 246 Å². The van der Waals surface area contributed by atoms with Crippen LogP contribution >= 0.6 is 0 Å². The Morgan fingerprint density at radius 2 is 1.63 bits per heavy atom. The number of aromatic nitrogens is 5. The van der Waals surface area contributed by atoms with Gasteiger partial charge in [0.05, 0.1) is 29.0 Å². The summed E-state index contributed by atoms with van der Waals surface area (Å²) in [6.45, 7) is 5.40. The second-order valence-electron chi connectivity index (χ2n) is 11.3. The van der Waals surface area contributed by atoms with Crippen LogP contribution in [0.5, 0.6) is 0 Å². The maximum absolute atomic E-state index is 14.5. The molecule has 1 atom stereocenters. The molecule has 6 heterocycles. The first-order chi connectivity index (χ1) is 20.8. The number of halogens is 3. The zero-order chi connectivity index (χ0) is 29.8. The van der Waals surface area contributed by atoms with Crippen molar-refractivity contribution in [1.29, 1.82) is 0 Å². The molecule has 7 nitrogen and oxygen atoms in total. The molecule has 0 radical (unpaired) electrons. The van der Waals surface area contributed by atoms with Crippen molar-refractivity contribution in [3.8, 4) is 22.3 Å². The average Bonchev–Trinajstić information content (AvgIpc) is 3.57. The van der Waals surface area contributed by atoms with Crippen molar-refractivity contribution in [1.82, 2.24) is 24.1 Å². The van der Waals surface area contributed by atoms with Crippen molar-refractivity contribution in [2.24, 2.45) is 5.73 Å². The highest BCUT2D eigenvalue weighted by Gasteiger charge is 2.28. The summed E-state index contributed by atoms with van der Waals surface area (Å²) >= 11 is 0. The van der Waals surface area contributed by atoms with E-state index < -0.39 is 17.5 Å². The largest absolute Gasteiger partial charge is 0.370 e. The Morgan fingerprint density at radius 3 is 2.35 bits per heavy atom. The summed E-state index contributed by atoms with van der Waals surface area (Å²) < 4.78 is 47.0. The van der Waals surface area contributed by atoms with Gasteiger partial charge in [0.15, 0.2) is 5.82 Å². The molecule has 1 saturated heterocycles. The standard InChI is InChI=1S/C33H30F3N7/c1-19-3-5-29(38-14-19)20(2)42-18-27(21-4-6-30-28(36)16-40-43(30)17-21)31-32(41-9-7-25(37)8-10-41)26(15-39-33(31)42)22-11-23(34)13-24(35)12-22/h3-6,11-18,20,25H,7-10,37H2,1-2H3/t20-/m0/s1. The molecule has 5 aromatic heterocycles. The van der Waals surface area contributed by atoms with Gasteiger partial charge in [0.2, 0.25) is 0 Å².